The van der Waals surface area contributed by atoms with Gasteiger partial charge in [0.25, 0.3) is 0 Å². The first kappa shape index (κ1) is 17.7. The second-order valence-corrected chi connectivity index (χ2v) is 6.55. The lowest BCUT2D eigenvalue weighted by atomic mass is 10.4. The molecule has 0 aliphatic carbocycles. The Kier molecular flexibility index (Phi) is 6.40. The average Bonchev–Trinajstić information content (AvgIpc) is 3.15. The number of thiophene rings is 1. The Bertz CT molecular complexity index is 620. The molecule has 0 aromatic carbocycles. The van der Waals surface area contributed by atoms with E-state index in [0.29, 0.717) is 37.0 Å². The molecule has 2 N–H and O–H groups in total. The van der Waals surface area contributed by atoms with Gasteiger partial charge in [-0.05, 0) is 18.4 Å². The molecule has 0 aliphatic heterocycles. The van der Waals surface area contributed by atoms with Crippen LogP contribution in [0.3, 0.4) is 0 Å². The molecule has 0 unspecified atom stereocenters. The van der Waals surface area contributed by atoms with E-state index in [1.165, 1.54) is 0 Å². The fourth-order valence-electron chi connectivity index (χ4n) is 1.75. The molecule has 2 aromatic heterocycles. The second-order valence-electron chi connectivity index (χ2n) is 4.58. The molecule has 2 aromatic rings. The van der Waals surface area contributed by atoms with Crippen LogP contribution in [0, 0.1) is 0 Å². The molecule has 126 valence electrons. The molecular weight excluding hydrogens is 345 g/mol. The van der Waals surface area contributed by atoms with Gasteiger partial charge >= 0.3 is 6.18 Å². The minimum absolute atomic E-state index is 0.421. The van der Waals surface area contributed by atoms with E-state index in [2.05, 4.69) is 20.6 Å². The van der Waals surface area contributed by atoms with Gasteiger partial charge in [-0.15, -0.1) is 22.7 Å². The van der Waals surface area contributed by atoms with Crippen LogP contribution in [0.25, 0.3) is 0 Å². The van der Waals surface area contributed by atoms with Crippen molar-refractivity contribution in [3.8, 4) is 0 Å². The summed E-state index contributed by atoms with van der Waals surface area (Å²) in [6, 6.07) is 3.97. The van der Waals surface area contributed by atoms with Crippen molar-refractivity contribution in [3.63, 3.8) is 0 Å². The number of hydrogen-bond acceptors (Lipinski definition) is 4. The number of halogens is 3. The number of nitrogens with zero attached hydrogens (tertiary/aromatic N) is 2. The Morgan fingerprint density at radius 2 is 2.13 bits per heavy atom. The van der Waals surface area contributed by atoms with Gasteiger partial charge in [-0.3, -0.25) is 0 Å². The van der Waals surface area contributed by atoms with Gasteiger partial charge in [0.15, 0.2) is 11.7 Å². The predicted octanol–water partition coefficient (Wildman–Crippen LogP) is 3.52. The molecule has 9 heteroatoms. The Balaban J connectivity index is 1.84. The van der Waals surface area contributed by atoms with Crippen molar-refractivity contribution in [2.45, 2.75) is 26.1 Å². The van der Waals surface area contributed by atoms with E-state index < -0.39 is 11.9 Å². The topological polar surface area (TPSA) is 49.3 Å². The lowest BCUT2D eigenvalue weighted by molar-refractivity contribution is -0.140. The molecule has 0 fully saturated rings. The highest BCUT2D eigenvalue weighted by atomic mass is 32.1. The highest BCUT2D eigenvalue weighted by Crippen LogP contribution is 2.29. The summed E-state index contributed by atoms with van der Waals surface area (Å²) in [7, 11) is 0. The number of hydrogen-bond donors (Lipinski definition) is 2. The fraction of sp³-hybridized carbons (Fsp3) is 0.429. The highest BCUT2D eigenvalue weighted by molar-refractivity contribution is 7.10. The monoisotopic (exact) mass is 362 g/mol. The number of thiazole rings is 1. The van der Waals surface area contributed by atoms with Crippen molar-refractivity contribution < 1.29 is 13.2 Å². The number of aliphatic imine (C=N–C) groups is 1. The zero-order chi connectivity index (χ0) is 16.7. The summed E-state index contributed by atoms with van der Waals surface area (Å²) in [5, 5.41) is 9.71. The zero-order valence-electron chi connectivity index (χ0n) is 12.5. The molecule has 0 saturated heterocycles. The SMILES string of the molecule is CCNC(=NCc1cccs1)NCCc1nc(C(F)(F)F)cs1. The van der Waals surface area contributed by atoms with E-state index in [4.69, 9.17) is 0 Å². The van der Waals surface area contributed by atoms with Crippen molar-refractivity contribution in [1.29, 1.82) is 0 Å². The quantitative estimate of drug-likeness (QED) is 0.611. The van der Waals surface area contributed by atoms with Crippen molar-refractivity contribution in [1.82, 2.24) is 15.6 Å². The lowest BCUT2D eigenvalue weighted by Crippen LogP contribution is -2.38. The van der Waals surface area contributed by atoms with Crippen LogP contribution in [0.5, 0.6) is 0 Å². The summed E-state index contributed by atoms with van der Waals surface area (Å²) in [6.07, 6.45) is -3.95. The number of rotatable bonds is 6. The van der Waals surface area contributed by atoms with Crippen LogP contribution < -0.4 is 10.6 Å². The maximum Gasteiger partial charge on any atom is 0.434 e. The maximum absolute atomic E-state index is 12.5. The van der Waals surface area contributed by atoms with Crippen molar-refractivity contribution in [3.05, 3.63) is 38.5 Å². The third-order valence-corrected chi connectivity index (χ3v) is 4.56. The summed E-state index contributed by atoms with van der Waals surface area (Å²) in [5.41, 5.74) is -0.823. The van der Waals surface area contributed by atoms with Crippen molar-refractivity contribution in [2.24, 2.45) is 4.99 Å². The van der Waals surface area contributed by atoms with Crippen LogP contribution in [0.1, 0.15) is 22.5 Å². The first-order chi connectivity index (χ1) is 11.0. The third kappa shape index (κ3) is 5.83. The predicted molar refractivity (Wildman–Crippen MR) is 88.0 cm³/mol. The van der Waals surface area contributed by atoms with Crippen LogP contribution in [-0.4, -0.2) is 24.0 Å². The average molecular weight is 362 g/mol. The van der Waals surface area contributed by atoms with Gasteiger partial charge in [-0.2, -0.15) is 13.2 Å². The van der Waals surface area contributed by atoms with Gasteiger partial charge < -0.3 is 10.6 Å². The first-order valence-electron chi connectivity index (χ1n) is 7.05. The fourth-order valence-corrected chi connectivity index (χ4v) is 3.18. The Morgan fingerprint density at radius 1 is 1.30 bits per heavy atom. The van der Waals surface area contributed by atoms with E-state index in [1.54, 1.807) is 11.3 Å². The van der Waals surface area contributed by atoms with E-state index in [1.807, 2.05) is 24.4 Å². The molecule has 0 aliphatic rings. The second kappa shape index (κ2) is 8.30. The van der Waals surface area contributed by atoms with Crippen LogP contribution in [0.15, 0.2) is 27.9 Å². The van der Waals surface area contributed by atoms with Crippen LogP contribution >= 0.6 is 22.7 Å². The molecule has 0 bridgehead atoms. The molecule has 0 saturated carbocycles. The Morgan fingerprint density at radius 3 is 2.74 bits per heavy atom. The van der Waals surface area contributed by atoms with E-state index in [-0.39, 0.29) is 0 Å². The summed E-state index contributed by atoms with van der Waals surface area (Å²) in [5.74, 6) is 0.647. The van der Waals surface area contributed by atoms with Gasteiger partial charge in [0.1, 0.15) is 0 Å². The normalized spacial score (nSPS) is 12.4. The smallest absolute Gasteiger partial charge is 0.357 e. The largest absolute Gasteiger partial charge is 0.434 e. The first-order valence-corrected chi connectivity index (χ1v) is 8.81. The number of alkyl halides is 3. The zero-order valence-corrected chi connectivity index (χ0v) is 14.1. The summed E-state index contributed by atoms with van der Waals surface area (Å²) >= 11 is 2.65. The summed E-state index contributed by atoms with van der Waals surface area (Å²) < 4.78 is 37.5. The van der Waals surface area contributed by atoms with Crippen molar-refractivity contribution in [2.75, 3.05) is 13.1 Å². The van der Waals surface area contributed by atoms with E-state index in [9.17, 15) is 13.2 Å². The molecular formula is C14H17F3N4S2. The minimum Gasteiger partial charge on any atom is -0.357 e. The lowest BCUT2D eigenvalue weighted by Gasteiger charge is -2.10. The molecule has 2 rings (SSSR count). The van der Waals surface area contributed by atoms with Gasteiger partial charge in [0.2, 0.25) is 0 Å². The standard InChI is InChI=1S/C14H17F3N4S2/c1-2-18-13(20-8-10-4-3-7-22-10)19-6-5-12-21-11(9-23-12)14(15,16)17/h3-4,7,9H,2,5-6,8H2,1H3,(H2,18,19,20). The molecule has 23 heavy (non-hydrogen) atoms. The van der Waals surface area contributed by atoms with Gasteiger partial charge in [0.05, 0.1) is 11.6 Å². The number of guanidine groups is 1. The third-order valence-electron chi connectivity index (χ3n) is 2.79. The van der Waals surface area contributed by atoms with Crippen LogP contribution in [0.4, 0.5) is 13.2 Å². The van der Waals surface area contributed by atoms with Crippen molar-refractivity contribution >= 4 is 28.6 Å². The molecule has 0 atom stereocenters. The van der Waals surface area contributed by atoms with Crippen LogP contribution in [-0.2, 0) is 19.1 Å². The Hall–Kier alpha value is -1.61. The van der Waals surface area contributed by atoms with Gasteiger partial charge in [-0.25, -0.2) is 9.98 Å². The minimum atomic E-state index is -4.38. The van der Waals surface area contributed by atoms with E-state index in [0.717, 1.165) is 21.6 Å². The summed E-state index contributed by atoms with van der Waals surface area (Å²) in [6.45, 7) is 3.72. The van der Waals surface area contributed by atoms with Crippen LogP contribution in [0.2, 0.25) is 0 Å². The molecule has 4 nitrogen and oxygen atoms in total. The van der Waals surface area contributed by atoms with Gasteiger partial charge in [0, 0.05) is 29.8 Å². The van der Waals surface area contributed by atoms with Gasteiger partial charge in [-0.1, -0.05) is 6.07 Å². The molecule has 0 spiro atoms. The number of aromatic nitrogens is 1. The summed E-state index contributed by atoms with van der Waals surface area (Å²) in [4.78, 5) is 9.20. The molecule has 0 amide bonds. The molecule has 2 heterocycles. The maximum atomic E-state index is 12.5. The Labute approximate surface area is 140 Å². The highest BCUT2D eigenvalue weighted by Gasteiger charge is 2.33. The molecule has 0 radical (unpaired) electrons. The number of nitrogens with one attached hydrogen (secondary N) is 2. The van der Waals surface area contributed by atoms with E-state index >= 15 is 0 Å².